The van der Waals surface area contributed by atoms with Crippen molar-refractivity contribution in [2.45, 2.75) is 31.7 Å². The summed E-state index contributed by atoms with van der Waals surface area (Å²) in [5.74, 6) is 0.529. The lowest BCUT2D eigenvalue weighted by Crippen LogP contribution is -2.50. The van der Waals surface area contributed by atoms with Crippen molar-refractivity contribution < 1.29 is 4.79 Å². The minimum absolute atomic E-state index is 0.00837. The molecule has 0 bridgehead atoms. The van der Waals surface area contributed by atoms with Gasteiger partial charge in [0, 0.05) is 43.2 Å². The third-order valence-corrected chi connectivity index (χ3v) is 5.83. The molecule has 2 aromatic rings. The van der Waals surface area contributed by atoms with Crippen molar-refractivity contribution in [1.82, 2.24) is 20.2 Å². The highest BCUT2D eigenvalue weighted by molar-refractivity contribution is 5.84. The summed E-state index contributed by atoms with van der Waals surface area (Å²) in [5.41, 5.74) is 3.45. The molecule has 138 valence electrons. The molecule has 3 heterocycles. The second kappa shape index (κ2) is 7.68. The van der Waals surface area contributed by atoms with Gasteiger partial charge in [-0.3, -0.25) is 4.90 Å². The van der Waals surface area contributed by atoms with Crippen molar-refractivity contribution in [3.63, 3.8) is 0 Å². The van der Waals surface area contributed by atoms with Crippen LogP contribution in [-0.2, 0) is 4.79 Å². The van der Waals surface area contributed by atoms with Crippen molar-refractivity contribution in [2.75, 3.05) is 44.2 Å². The lowest BCUT2D eigenvalue weighted by Gasteiger charge is -2.37. The average Bonchev–Trinajstić information content (AvgIpc) is 2.73. The van der Waals surface area contributed by atoms with E-state index in [9.17, 15) is 4.79 Å². The number of nitrogens with one attached hydrogen (secondary N) is 1. The van der Waals surface area contributed by atoms with Gasteiger partial charge in [-0.15, -0.1) is 0 Å². The molecule has 2 fully saturated rings. The van der Waals surface area contributed by atoms with Gasteiger partial charge in [0.15, 0.2) is 0 Å². The SMILES string of the molecule is CC(C=O)N1CCN(c2ccc3c(C4CCNCC4)ncnc3c2)CC1. The van der Waals surface area contributed by atoms with Crippen LogP contribution in [0.15, 0.2) is 24.5 Å². The third kappa shape index (κ3) is 3.44. The van der Waals surface area contributed by atoms with Crippen LogP contribution in [0.25, 0.3) is 10.9 Å². The molecule has 6 nitrogen and oxygen atoms in total. The van der Waals surface area contributed by atoms with Gasteiger partial charge in [-0.1, -0.05) is 0 Å². The molecule has 0 amide bonds. The minimum Gasteiger partial charge on any atom is -0.369 e. The van der Waals surface area contributed by atoms with Crippen LogP contribution in [0, 0.1) is 0 Å². The van der Waals surface area contributed by atoms with Gasteiger partial charge in [0.25, 0.3) is 0 Å². The molecule has 1 aromatic heterocycles. The van der Waals surface area contributed by atoms with Crippen LogP contribution in [0.3, 0.4) is 0 Å². The fraction of sp³-hybridized carbons (Fsp3) is 0.550. The highest BCUT2D eigenvalue weighted by Gasteiger charge is 2.22. The van der Waals surface area contributed by atoms with Gasteiger partial charge >= 0.3 is 0 Å². The second-order valence-corrected chi connectivity index (χ2v) is 7.38. The maximum absolute atomic E-state index is 11.0. The summed E-state index contributed by atoms with van der Waals surface area (Å²) in [6.45, 7) is 7.82. The molecule has 1 unspecified atom stereocenters. The number of piperazine rings is 1. The van der Waals surface area contributed by atoms with Crippen molar-refractivity contribution in [1.29, 1.82) is 0 Å². The Bertz CT molecular complexity index is 766. The van der Waals surface area contributed by atoms with Gasteiger partial charge < -0.3 is 15.0 Å². The van der Waals surface area contributed by atoms with Gasteiger partial charge in [0.05, 0.1) is 17.3 Å². The summed E-state index contributed by atoms with van der Waals surface area (Å²) >= 11 is 0. The minimum atomic E-state index is 0.00837. The number of benzene rings is 1. The largest absolute Gasteiger partial charge is 0.369 e. The molecule has 2 aliphatic rings. The lowest BCUT2D eigenvalue weighted by molar-refractivity contribution is -0.112. The Labute approximate surface area is 154 Å². The van der Waals surface area contributed by atoms with Crippen LogP contribution < -0.4 is 10.2 Å². The molecule has 0 radical (unpaired) electrons. The Hall–Kier alpha value is -2.05. The summed E-state index contributed by atoms with van der Waals surface area (Å²) in [7, 11) is 0. The first-order valence-corrected chi connectivity index (χ1v) is 9.66. The molecule has 0 spiro atoms. The number of rotatable bonds is 4. The van der Waals surface area contributed by atoms with Gasteiger partial charge in [0.2, 0.25) is 0 Å². The number of carbonyl (C=O) groups is 1. The molecule has 0 aliphatic carbocycles. The number of aromatic nitrogens is 2. The van der Waals surface area contributed by atoms with Crippen LogP contribution in [0.2, 0.25) is 0 Å². The van der Waals surface area contributed by atoms with E-state index in [2.05, 4.69) is 43.3 Å². The fourth-order valence-corrected chi connectivity index (χ4v) is 4.16. The molecule has 2 saturated heterocycles. The molecule has 2 aliphatic heterocycles. The zero-order valence-electron chi connectivity index (χ0n) is 15.4. The fourth-order valence-electron chi connectivity index (χ4n) is 4.16. The zero-order chi connectivity index (χ0) is 17.9. The van der Waals surface area contributed by atoms with Crippen molar-refractivity contribution in [2.24, 2.45) is 0 Å². The third-order valence-electron chi connectivity index (χ3n) is 5.83. The molecular formula is C20H27N5O. The van der Waals surface area contributed by atoms with Crippen LogP contribution in [0.4, 0.5) is 5.69 Å². The number of aldehydes is 1. The molecule has 26 heavy (non-hydrogen) atoms. The number of fused-ring (bicyclic) bond motifs is 1. The zero-order valence-corrected chi connectivity index (χ0v) is 15.4. The van der Waals surface area contributed by atoms with Gasteiger partial charge in [-0.05, 0) is 51.1 Å². The first kappa shape index (κ1) is 17.4. The monoisotopic (exact) mass is 353 g/mol. The predicted octanol–water partition coefficient (Wildman–Crippen LogP) is 1.81. The van der Waals surface area contributed by atoms with Gasteiger partial charge in [0.1, 0.15) is 12.6 Å². The summed E-state index contributed by atoms with van der Waals surface area (Å²) < 4.78 is 0. The average molecular weight is 353 g/mol. The van der Waals surface area contributed by atoms with E-state index in [4.69, 9.17) is 0 Å². The number of carbonyl (C=O) groups excluding carboxylic acids is 1. The normalized spacial score (nSPS) is 21.0. The Morgan fingerprint density at radius 3 is 2.65 bits per heavy atom. The molecule has 1 atom stereocenters. The summed E-state index contributed by atoms with van der Waals surface area (Å²) in [5, 5.41) is 4.62. The van der Waals surface area contributed by atoms with E-state index >= 15 is 0 Å². The van der Waals surface area contributed by atoms with E-state index < -0.39 is 0 Å². The van der Waals surface area contributed by atoms with E-state index in [1.807, 2.05) is 6.92 Å². The topological polar surface area (TPSA) is 61.4 Å². The quantitative estimate of drug-likeness (QED) is 0.846. The Kier molecular flexibility index (Phi) is 5.13. The molecule has 1 N–H and O–H groups in total. The van der Waals surface area contributed by atoms with Crippen LogP contribution in [0.1, 0.15) is 31.4 Å². The van der Waals surface area contributed by atoms with Crippen LogP contribution in [-0.4, -0.2) is 66.5 Å². The Morgan fingerprint density at radius 2 is 1.92 bits per heavy atom. The number of anilines is 1. The second-order valence-electron chi connectivity index (χ2n) is 7.38. The first-order chi connectivity index (χ1) is 12.8. The van der Waals surface area contributed by atoms with Crippen LogP contribution in [0.5, 0.6) is 0 Å². The van der Waals surface area contributed by atoms with E-state index in [0.717, 1.165) is 63.9 Å². The smallest absolute Gasteiger partial charge is 0.136 e. The van der Waals surface area contributed by atoms with Gasteiger partial charge in [-0.2, -0.15) is 0 Å². The van der Waals surface area contributed by atoms with E-state index in [-0.39, 0.29) is 6.04 Å². The summed E-state index contributed by atoms with van der Waals surface area (Å²) in [6, 6.07) is 6.60. The Balaban J connectivity index is 1.54. The number of hydrogen-bond acceptors (Lipinski definition) is 6. The predicted molar refractivity (Wildman–Crippen MR) is 104 cm³/mol. The molecule has 6 heteroatoms. The van der Waals surface area contributed by atoms with E-state index in [0.29, 0.717) is 5.92 Å². The van der Waals surface area contributed by atoms with E-state index in [1.165, 1.54) is 16.8 Å². The number of nitrogens with zero attached hydrogens (tertiary/aromatic N) is 4. The standard InChI is InChI=1S/C20H27N5O/c1-15(13-26)24-8-10-25(11-9-24)17-2-3-18-19(12-17)22-14-23-20(18)16-4-6-21-7-5-16/h2-3,12-16,21H,4-11H2,1H3. The summed E-state index contributed by atoms with van der Waals surface area (Å²) in [6.07, 6.45) is 5.04. The maximum atomic E-state index is 11.0. The highest BCUT2D eigenvalue weighted by Crippen LogP contribution is 2.31. The number of piperidine rings is 1. The first-order valence-electron chi connectivity index (χ1n) is 9.66. The molecule has 0 saturated carbocycles. The number of hydrogen-bond donors (Lipinski definition) is 1. The van der Waals surface area contributed by atoms with E-state index in [1.54, 1.807) is 6.33 Å². The van der Waals surface area contributed by atoms with Crippen molar-refractivity contribution in [3.8, 4) is 0 Å². The summed E-state index contributed by atoms with van der Waals surface area (Å²) in [4.78, 5) is 24.8. The maximum Gasteiger partial charge on any atom is 0.136 e. The van der Waals surface area contributed by atoms with Crippen molar-refractivity contribution in [3.05, 3.63) is 30.2 Å². The molecular weight excluding hydrogens is 326 g/mol. The Morgan fingerprint density at radius 1 is 1.15 bits per heavy atom. The molecule has 4 rings (SSSR count). The highest BCUT2D eigenvalue weighted by atomic mass is 16.1. The lowest BCUT2D eigenvalue weighted by atomic mass is 9.92. The van der Waals surface area contributed by atoms with Crippen molar-refractivity contribution >= 4 is 22.9 Å². The van der Waals surface area contributed by atoms with Gasteiger partial charge in [-0.25, -0.2) is 9.97 Å². The van der Waals surface area contributed by atoms with Crippen LogP contribution >= 0.6 is 0 Å². The molecule has 1 aromatic carbocycles.